The van der Waals surface area contributed by atoms with Crippen molar-refractivity contribution >= 4 is 84.5 Å². The van der Waals surface area contributed by atoms with Gasteiger partial charge >= 0.3 is 11.9 Å². The van der Waals surface area contributed by atoms with E-state index in [9.17, 15) is 19.2 Å². The molecule has 0 fully saturated rings. The predicted molar refractivity (Wildman–Crippen MR) is 145 cm³/mol. The van der Waals surface area contributed by atoms with E-state index in [1.807, 2.05) is 0 Å². The van der Waals surface area contributed by atoms with Gasteiger partial charge < -0.3 is 32.8 Å². The normalized spacial score (nSPS) is 8.77. The molecule has 0 aliphatic heterocycles. The van der Waals surface area contributed by atoms with Gasteiger partial charge in [0.05, 0.1) is 18.2 Å². The van der Waals surface area contributed by atoms with Gasteiger partial charge in [-0.05, 0) is 49.5 Å². The summed E-state index contributed by atoms with van der Waals surface area (Å²) in [5.41, 5.74) is 23.3. The van der Waals surface area contributed by atoms with Crippen molar-refractivity contribution in [1.82, 2.24) is 0 Å². The molecule has 0 unspecified atom stereocenters. The van der Waals surface area contributed by atoms with Crippen LogP contribution < -0.4 is 22.9 Å². The van der Waals surface area contributed by atoms with Crippen molar-refractivity contribution in [3.8, 4) is 0 Å². The summed E-state index contributed by atoms with van der Waals surface area (Å²) in [4.78, 5) is 44.8. The summed E-state index contributed by atoms with van der Waals surface area (Å²) in [7, 11) is 1.28. The second kappa shape index (κ2) is 19.7. The number of halogens is 4. The van der Waals surface area contributed by atoms with Gasteiger partial charge in [-0.25, -0.2) is 9.59 Å². The van der Waals surface area contributed by atoms with E-state index in [2.05, 4.69) is 4.74 Å². The van der Waals surface area contributed by atoms with Crippen molar-refractivity contribution in [3.05, 3.63) is 58.7 Å². The number of carboxylic acids is 1. The number of anilines is 2. The number of ether oxygens (including phenoxy) is 1. The SMILES string of the molecule is COC(=O)c1ccc(C(=O)CCN)c(N)c1.Cl.Cl.Cl.Cl.NCCC(=O)c1ccc(C(=O)O)cc1N. The Morgan fingerprint density at radius 1 is 0.743 bits per heavy atom. The van der Waals surface area contributed by atoms with E-state index in [-0.39, 0.29) is 104 Å². The first-order valence-electron chi connectivity index (χ1n) is 9.23. The molecule has 198 valence electrons. The number of methoxy groups -OCH3 is 1. The van der Waals surface area contributed by atoms with E-state index in [1.54, 1.807) is 0 Å². The zero-order valence-electron chi connectivity index (χ0n) is 18.7. The molecule has 0 saturated carbocycles. The van der Waals surface area contributed by atoms with Crippen molar-refractivity contribution in [1.29, 1.82) is 0 Å². The highest BCUT2D eigenvalue weighted by atomic mass is 35.5. The highest BCUT2D eigenvalue weighted by Crippen LogP contribution is 2.17. The predicted octanol–water partition coefficient (Wildman–Crippen LogP) is 2.77. The first-order valence-corrected chi connectivity index (χ1v) is 9.23. The molecule has 2 aromatic carbocycles. The van der Waals surface area contributed by atoms with Crippen LogP contribution in [0.25, 0.3) is 0 Å². The number of nitrogens with two attached hydrogens (primary N) is 4. The molecule has 35 heavy (non-hydrogen) atoms. The van der Waals surface area contributed by atoms with Crippen LogP contribution in [0, 0.1) is 0 Å². The molecule has 2 rings (SSSR count). The lowest BCUT2D eigenvalue weighted by Crippen LogP contribution is -2.11. The molecule has 0 radical (unpaired) electrons. The second-order valence-corrected chi connectivity index (χ2v) is 6.32. The lowest BCUT2D eigenvalue weighted by atomic mass is 10.0. The summed E-state index contributed by atoms with van der Waals surface area (Å²) < 4.78 is 4.54. The van der Waals surface area contributed by atoms with Crippen molar-refractivity contribution in [2.75, 3.05) is 31.7 Å². The summed E-state index contributed by atoms with van der Waals surface area (Å²) in [5.74, 6) is -1.85. The van der Waals surface area contributed by atoms with E-state index in [4.69, 9.17) is 28.0 Å². The summed E-state index contributed by atoms with van der Waals surface area (Å²) in [6.45, 7) is 0.524. The van der Waals surface area contributed by atoms with E-state index in [0.29, 0.717) is 16.7 Å². The van der Waals surface area contributed by atoms with Crippen LogP contribution in [0.1, 0.15) is 54.3 Å². The fraction of sp³-hybridized carbons (Fsp3) is 0.238. The third kappa shape index (κ3) is 12.1. The van der Waals surface area contributed by atoms with Gasteiger partial charge in [0.15, 0.2) is 11.6 Å². The maximum atomic E-state index is 11.5. The highest BCUT2D eigenvalue weighted by Gasteiger charge is 2.13. The number of ketones is 2. The fourth-order valence-corrected chi connectivity index (χ4v) is 2.54. The van der Waals surface area contributed by atoms with E-state index < -0.39 is 11.9 Å². The minimum atomic E-state index is -1.07. The number of Topliss-reactive ketones (excluding diaryl/α,β-unsaturated/α-hetero) is 2. The Kier molecular flexibility index (Phi) is 22.3. The third-order valence-electron chi connectivity index (χ3n) is 4.11. The average molecular weight is 576 g/mol. The maximum Gasteiger partial charge on any atom is 0.337 e. The van der Waals surface area contributed by atoms with Crippen LogP contribution in [-0.4, -0.2) is 48.8 Å². The molecule has 0 aromatic heterocycles. The van der Waals surface area contributed by atoms with Crippen LogP contribution in [0.3, 0.4) is 0 Å². The molecule has 0 atom stereocenters. The summed E-state index contributed by atoms with van der Waals surface area (Å²) >= 11 is 0. The number of hydrogen-bond acceptors (Lipinski definition) is 9. The number of rotatable bonds is 8. The molecule has 0 bridgehead atoms. The number of carboxylic acid groups (broad SMARTS) is 1. The Bertz CT molecular complexity index is 992. The highest BCUT2D eigenvalue weighted by molar-refractivity contribution is 6.03. The van der Waals surface area contributed by atoms with Gasteiger partial charge in [0.2, 0.25) is 0 Å². The number of carbonyl (C=O) groups excluding carboxylic acids is 3. The molecule has 0 aliphatic carbocycles. The van der Waals surface area contributed by atoms with Crippen molar-refractivity contribution in [2.24, 2.45) is 11.5 Å². The van der Waals surface area contributed by atoms with E-state index in [0.717, 1.165) is 0 Å². The number of benzene rings is 2. The molecule has 10 nitrogen and oxygen atoms in total. The average Bonchev–Trinajstić information content (AvgIpc) is 2.73. The Balaban J connectivity index is -0.000000247. The molecular weight excluding hydrogens is 546 g/mol. The topological polar surface area (TPSA) is 202 Å². The maximum absolute atomic E-state index is 11.5. The lowest BCUT2D eigenvalue weighted by molar-refractivity contribution is 0.0599. The lowest BCUT2D eigenvalue weighted by Gasteiger charge is -2.06. The number of carbonyl (C=O) groups is 4. The van der Waals surface area contributed by atoms with Crippen molar-refractivity contribution in [3.63, 3.8) is 0 Å². The molecule has 0 amide bonds. The molecule has 9 N–H and O–H groups in total. The largest absolute Gasteiger partial charge is 0.478 e. The minimum absolute atomic E-state index is 0. The van der Waals surface area contributed by atoms with Gasteiger partial charge in [-0.15, -0.1) is 49.6 Å². The summed E-state index contributed by atoms with van der Waals surface area (Å²) in [6, 6.07) is 8.48. The molecule has 0 aliphatic rings. The van der Waals surface area contributed by atoms with Crippen LogP contribution in [0.15, 0.2) is 36.4 Å². The Morgan fingerprint density at radius 3 is 1.43 bits per heavy atom. The quantitative estimate of drug-likeness (QED) is 0.177. The van der Waals surface area contributed by atoms with Crippen LogP contribution in [0.5, 0.6) is 0 Å². The Labute approximate surface area is 227 Å². The molecule has 0 heterocycles. The minimum Gasteiger partial charge on any atom is -0.478 e. The van der Waals surface area contributed by atoms with Crippen molar-refractivity contribution in [2.45, 2.75) is 12.8 Å². The van der Waals surface area contributed by atoms with Crippen LogP contribution in [0.4, 0.5) is 11.4 Å². The van der Waals surface area contributed by atoms with Gasteiger partial charge in [-0.3, -0.25) is 9.59 Å². The zero-order chi connectivity index (χ0) is 23.6. The molecule has 2 aromatic rings. The van der Waals surface area contributed by atoms with Gasteiger partial charge in [-0.1, -0.05) is 0 Å². The van der Waals surface area contributed by atoms with Gasteiger partial charge in [0.25, 0.3) is 0 Å². The number of nitrogen functional groups attached to an aromatic ring is 2. The molecular formula is C21H30Cl4N4O6. The third-order valence-corrected chi connectivity index (χ3v) is 4.11. The summed E-state index contributed by atoms with van der Waals surface area (Å²) in [5, 5.41) is 8.68. The number of aromatic carboxylic acids is 1. The van der Waals surface area contributed by atoms with Gasteiger partial charge in [-0.2, -0.15) is 0 Å². The fourth-order valence-electron chi connectivity index (χ4n) is 2.54. The van der Waals surface area contributed by atoms with Gasteiger partial charge in [0.1, 0.15) is 0 Å². The molecule has 0 saturated heterocycles. The first-order chi connectivity index (χ1) is 14.7. The monoisotopic (exact) mass is 574 g/mol. The standard InChI is InChI=1S/C11H14N2O3.C10H12N2O3.4ClH/c1-16-11(15)7-2-3-8(9(13)6-7)10(14)4-5-12;11-4-3-9(13)7-2-1-6(10(14)15)5-8(7)12;;;;/h2-3,6H,4-5,12-13H2,1H3;1-2,5H,3-4,11-12H2,(H,14,15);4*1H. The van der Waals surface area contributed by atoms with Crippen molar-refractivity contribution < 1.29 is 29.0 Å². The Morgan fingerprint density at radius 2 is 1.11 bits per heavy atom. The molecule has 14 heteroatoms. The summed E-state index contributed by atoms with van der Waals surface area (Å²) in [6.07, 6.45) is 0.443. The zero-order valence-corrected chi connectivity index (χ0v) is 22.0. The second-order valence-electron chi connectivity index (χ2n) is 6.32. The first kappa shape index (κ1) is 39.6. The number of hydrogen-bond donors (Lipinski definition) is 5. The Hall–Kier alpha value is -2.60. The van der Waals surface area contributed by atoms with E-state index >= 15 is 0 Å². The number of esters is 1. The van der Waals surface area contributed by atoms with Crippen LogP contribution in [0.2, 0.25) is 0 Å². The van der Waals surface area contributed by atoms with E-state index in [1.165, 1.54) is 43.5 Å². The smallest absolute Gasteiger partial charge is 0.337 e. The van der Waals surface area contributed by atoms with Gasteiger partial charge in [0, 0.05) is 35.3 Å². The molecule has 0 spiro atoms. The van der Waals surface area contributed by atoms with Crippen LogP contribution >= 0.6 is 49.6 Å². The van der Waals surface area contributed by atoms with Crippen LogP contribution in [-0.2, 0) is 4.74 Å².